The Morgan fingerprint density at radius 1 is 1.24 bits per heavy atom. The van der Waals surface area contributed by atoms with Gasteiger partial charge in [-0.05, 0) is 42.9 Å². The number of imide groups is 1. The number of urea groups is 1. The molecule has 0 spiro atoms. The summed E-state index contributed by atoms with van der Waals surface area (Å²) in [5.41, 5.74) is 1.20. The lowest BCUT2D eigenvalue weighted by atomic mass is 10.0. The third-order valence-corrected chi connectivity index (χ3v) is 5.00. The Bertz CT molecular complexity index is 629. The predicted octanol–water partition coefficient (Wildman–Crippen LogP) is 2.76. The van der Waals surface area contributed by atoms with Crippen molar-refractivity contribution in [3.05, 3.63) is 29.8 Å². The molecule has 0 bridgehead atoms. The molecule has 1 N–H and O–H groups in total. The maximum Gasteiger partial charge on any atom is 0.325 e. The van der Waals surface area contributed by atoms with Crippen LogP contribution in [0.4, 0.5) is 4.79 Å². The monoisotopic (exact) mass is 345 g/mol. The summed E-state index contributed by atoms with van der Waals surface area (Å²) >= 11 is 0. The number of hydrogen-bond acceptors (Lipinski definition) is 4. The summed E-state index contributed by atoms with van der Waals surface area (Å²) in [6.07, 6.45) is 2.78. The number of methoxy groups -OCH3 is 1. The molecule has 2 saturated heterocycles. The van der Waals surface area contributed by atoms with E-state index in [1.165, 1.54) is 10.5 Å². The van der Waals surface area contributed by atoms with Gasteiger partial charge in [-0.1, -0.05) is 26.0 Å². The lowest BCUT2D eigenvalue weighted by Gasteiger charge is -2.28. The molecule has 0 aromatic heterocycles. The van der Waals surface area contributed by atoms with E-state index in [1.54, 1.807) is 7.11 Å². The van der Waals surface area contributed by atoms with Gasteiger partial charge in [-0.2, -0.15) is 0 Å². The summed E-state index contributed by atoms with van der Waals surface area (Å²) in [5.74, 6) is 1.10. The fourth-order valence-corrected chi connectivity index (χ4v) is 3.72. The van der Waals surface area contributed by atoms with Crippen LogP contribution in [0.3, 0.4) is 0 Å². The molecule has 136 valence electrons. The van der Waals surface area contributed by atoms with Gasteiger partial charge in [-0.15, -0.1) is 0 Å². The zero-order valence-corrected chi connectivity index (χ0v) is 15.2. The summed E-state index contributed by atoms with van der Waals surface area (Å²) in [5, 5.41) is 2.82. The first kappa shape index (κ1) is 17.7. The minimum Gasteiger partial charge on any atom is -0.497 e. The van der Waals surface area contributed by atoms with Gasteiger partial charge >= 0.3 is 6.03 Å². The molecule has 0 radical (unpaired) electrons. The standard InChI is InChI=1S/C19H27N3O3/c1-13(2)11-16-18(23)22(19(24)20-16)12-21-10-4-5-17(21)14-6-8-15(25-3)9-7-14/h6-9,13,16-17H,4-5,10-12H2,1-3H3,(H,20,24)/t16-,17+/m1/s1. The van der Waals surface area contributed by atoms with E-state index in [-0.39, 0.29) is 24.0 Å². The fraction of sp³-hybridized carbons (Fsp3) is 0.579. The largest absolute Gasteiger partial charge is 0.497 e. The highest BCUT2D eigenvalue weighted by atomic mass is 16.5. The minimum absolute atomic E-state index is 0.0981. The number of hydrogen-bond donors (Lipinski definition) is 1. The zero-order chi connectivity index (χ0) is 18.0. The second-order valence-electron chi connectivity index (χ2n) is 7.28. The Balaban J connectivity index is 1.68. The van der Waals surface area contributed by atoms with E-state index >= 15 is 0 Å². The van der Waals surface area contributed by atoms with E-state index in [0.717, 1.165) is 25.1 Å². The molecule has 25 heavy (non-hydrogen) atoms. The Labute approximate surface area is 149 Å². The fourth-order valence-electron chi connectivity index (χ4n) is 3.72. The Morgan fingerprint density at radius 3 is 2.60 bits per heavy atom. The van der Waals surface area contributed by atoms with Gasteiger partial charge in [-0.3, -0.25) is 9.69 Å². The van der Waals surface area contributed by atoms with E-state index in [2.05, 4.69) is 36.2 Å². The highest BCUT2D eigenvalue weighted by molar-refractivity contribution is 6.04. The van der Waals surface area contributed by atoms with Gasteiger partial charge in [0.2, 0.25) is 0 Å². The molecule has 2 fully saturated rings. The number of nitrogens with one attached hydrogen (secondary N) is 1. The molecule has 0 saturated carbocycles. The number of rotatable bonds is 6. The van der Waals surface area contributed by atoms with Crippen molar-refractivity contribution < 1.29 is 14.3 Å². The van der Waals surface area contributed by atoms with E-state index in [1.807, 2.05) is 12.1 Å². The van der Waals surface area contributed by atoms with E-state index in [9.17, 15) is 9.59 Å². The summed E-state index contributed by atoms with van der Waals surface area (Å²) in [6, 6.07) is 7.63. The molecule has 2 aliphatic rings. The predicted molar refractivity (Wildman–Crippen MR) is 95.2 cm³/mol. The van der Waals surface area contributed by atoms with Crippen LogP contribution in [-0.2, 0) is 4.79 Å². The van der Waals surface area contributed by atoms with Crippen molar-refractivity contribution in [2.75, 3.05) is 20.3 Å². The van der Waals surface area contributed by atoms with Crippen molar-refractivity contribution in [2.45, 2.75) is 45.2 Å². The molecule has 2 aliphatic heterocycles. The molecule has 1 aromatic carbocycles. The third-order valence-electron chi connectivity index (χ3n) is 5.00. The molecule has 0 unspecified atom stereocenters. The Morgan fingerprint density at radius 2 is 1.96 bits per heavy atom. The van der Waals surface area contributed by atoms with Gasteiger partial charge in [-0.25, -0.2) is 9.69 Å². The van der Waals surface area contributed by atoms with Crippen LogP contribution < -0.4 is 10.1 Å². The normalized spacial score (nSPS) is 24.2. The average Bonchev–Trinajstić information content (AvgIpc) is 3.15. The molecule has 3 rings (SSSR count). The molecular formula is C19H27N3O3. The Kier molecular flexibility index (Phi) is 5.27. The molecule has 6 heteroatoms. The molecule has 3 amide bonds. The highest BCUT2D eigenvalue weighted by Gasteiger charge is 2.40. The zero-order valence-electron chi connectivity index (χ0n) is 15.2. The first-order valence-electron chi connectivity index (χ1n) is 8.99. The summed E-state index contributed by atoms with van der Waals surface area (Å²) in [6.45, 7) is 5.36. The molecule has 0 aliphatic carbocycles. The van der Waals surface area contributed by atoms with Crippen LogP contribution in [0.2, 0.25) is 0 Å². The molecule has 2 atom stereocenters. The summed E-state index contributed by atoms with van der Waals surface area (Å²) in [4.78, 5) is 28.4. The van der Waals surface area contributed by atoms with Crippen molar-refractivity contribution in [2.24, 2.45) is 5.92 Å². The molecular weight excluding hydrogens is 318 g/mol. The Hall–Kier alpha value is -2.08. The van der Waals surface area contributed by atoms with E-state index < -0.39 is 0 Å². The number of carbonyl (C=O) groups excluding carboxylic acids is 2. The number of carbonyl (C=O) groups is 2. The third kappa shape index (κ3) is 3.79. The minimum atomic E-state index is -0.380. The first-order chi connectivity index (χ1) is 12.0. The van der Waals surface area contributed by atoms with Crippen LogP contribution in [0.25, 0.3) is 0 Å². The quantitative estimate of drug-likeness (QED) is 0.806. The van der Waals surface area contributed by atoms with Crippen LogP contribution in [0, 0.1) is 5.92 Å². The van der Waals surface area contributed by atoms with Crippen molar-refractivity contribution in [3.63, 3.8) is 0 Å². The highest BCUT2D eigenvalue weighted by Crippen LogP contribution is 2.33. The van der Waals surface area contributed by atoms with Crippen molar-refractivity contribution in [1.29, 1.82) is 0 Å². The van der Waals surface area contributed by atoms with Crippen molar-refractivity contribution in [3.8, 4) is 5.75 Å². The molecule has 6 nitrogen and oxygen atoms in total. The van der Waals surface area contributed by atoms with Gasteiger partial charge in [0.25, 0.3) is 5.91 Å². The smallest absolute Gasteiger partial charge is 0.325 e. The van der Waals surface area contributed by atoms with Crippen LogP contribution >= 0.6 is 0 Å². The van der Waals surface area contributed by atoms with E-state index in [0.29, 0.717) is 19.0 Å². The molecule has 1 aromatic rings. The van der Waals surface area contributed by atoms with Gasteiger partial charge in [0.05, 0.1) is 13.8 Å². The van der Waals surface area contributed by atoms with Crippen molar-refractivity contribution >= 4 is 11.9 Å². The van der Waals surface area contributed by atoms with Crippen molar-refractivity contribution in [1.82, 2.24) is 15.1 Å². The maximum atomic E-state index is 12.6. The number of benzene rings is 1. The van der Waals surface area contributed by atoms with Crippen LogP contribution in [0.5, 0.6) is 5.75 Å². The first-order valence-corrected chi connectivity index (χ1v) is 8.99. The average molecular weight is 345 g/mol. The lowest BCUT2D eigenvalue weighted by molar-refractivity contribution is -0.129. The van der Waals surface area contributed by atoms with Crippen LogP contribution in [-0.4, -0.2) is 48.1 Å². The SMILES string of the molecule is COc1ccc([C@@H]2CCCN2CN2C(=O)N[C@H](CC(C)C)C2=O)cc1. The van der Waals surface area contributed by atoms with Crippen LogP contribution in [0.1, 0.15) is 44.7 Å². The summed E-state index contributed by atoms with van der Waals surface area (Å²) < 4.78 is 5.22. The second-order valence-corrected chi connectivity index (χ2v) is 7.28. The number of amides is 3. The topological polar surface area (TPSA) is 61.9 Å². The number of likely N-dealkylation sites (tertiary alicyclic amines) is 1. The lowest BCUT2D eigenvalue weighted by Crippen LogP contribution is -2.41. The maximum absolute atomic E-state index is 12.6. The van der Waals surface area contributed by atoms with E-state index in [4.69, 9.17) is 4.74 Å². The van der Waals surface area contributed by atoms with Gasteiger partial charge in [0.15, 0.2) is 0 Å². The summed E-state index contributed by atoms with van der Waals surface area (Å²) in [7, 11) is 1.65. The van der Waals surface area contributed by atoms with Gasteiger partial charge in [0, 0.05) is 12.6 Å². The van der Waals surface area contributed by atoms with Gasteiger partial charge in [0.1, 0.15) is 11.8 Å². The second kappa shape index (κ2) is 7.44. The van der Waals surface area contributed by atoms with Crippen LogP contribution in [0.15, 0.2) is 24.3 Å². The number of nitrogens with zero attached hydrogens (tertiary/aromatic N) is 2. The number of ether oxygens (including phenoxy) is 1. The van der Waals surface area contributed by atoms with Gasteiger partial charge < -0.3 is 10.1 Å². The molecule has 2 heterocycles.